The first kappa shape index (κ1) is 14.4. The molecule has 0 aromatic carbocycles. The topological polar surface area (TPSA) is 17.1 Å². The van der Waals surface area contributed by atoms with Crippen molar-refractivity contribution in [1.82, 2.24) is 0 Å². The number of carbonyl (C=O) groups excluding carboxylic acids is 1. The molecule has 88 valence electrons. The van der Waals surface area contributed by atoms with Crippen molar-refractivity contribution in [2.45, 2.75) is 59.3 Å². The molecule has 0 amide bonds. The van der Waals surface area contributed by atoms with Crippen molar-refractivity contribution in [2.24, 2.45) is 11.8 Å². The average molecular weight is 210 g/mol. The highest BCUT2D eigenvalue weighted by Crippen LogP contribution is 2.26. The minimum absolute atomic E-state index is 0.878. The number of rotatable bonds is 4. The molecule has 0 bridgehead atoms. The Hall–Kier alpha value is -0.590. The van der Waals surface area contributed by atoms with Gasteiger partial charge in [0.1, 0.15) is 6.79 Å². The Balaban J connectivity index is 0.000000921. The van der Waals surface area contributed by atoms with Crippen LogP contribution in [-0.2, 0) is 4.79 Å². The fourth-order valence-corrected chi connectivity index (χ4v) is 1.98. The van der Waals surface area contributed by atoms with Crippen molar-refractivity contribution in [1.29, 1.82) is 0 Å². The quantitative estimate of drug-likeness (QED) is 0.629. The van der Waals surface area contributed by atoms with Crippen molar-refractivity contribution >= 4 is 6.79 Å². The average Bonchev–Trinajstić information content (AvgIpc) is 2.23. The van der Waals surface area contributed by atoms with Gasteiger partial charge in [0.05, 0.1) is 0 Å². The monoisotopic (exact) mass is 210 g/mol. The van der Waals surface area contributed by atoms with Gasteiger partial charge in [-0.1, -0.05) is 38.8 Å². The van der Waals surface area contributed by atoms with Gasteiger partial charge in [-0.15, -0.1) is 0 Å². The lowest BCUT2D eigenvalue weighted by atomic mass is 9.88. The molecule has 0 fully saturated rings. The van der Waals surface area contributed by atoms with Gasteiger partial charge in [-0.2, -0.15) is 0 Å². The van der Waals surface area contributed by atoms with Crippen molar-refractivity contribution < 1.29 is 4.79 Å². The number of carbonyl (C=O) groups is 1. The van der Waals surface area contributed by atoms with Gasteiger partial charge in [-0.3, -0.25) is 0 Å². The summed E-state index contributed by atoms with van der Waals surface area (Å²) in [5.74, 6) is 1.82. The summed E-state index contributed by atoms with van der Waals surface area (Å²) in [6.45, 7) is 9.00. The first-order valence-corrected chi connectivity index (χ1v) is 6.15. The van der Waals surface area contributed by atoms with Crippen LogP contribution >= 0.6 is 0 Å². The second kappa shape index (κ2) is 8.70. The van der Waals surface area contributed by atoms with Crippen LogP contribution < -0.4 is 0 Å². The van der Waals surface area contributed by atoms with Crippen LogP contribution in [0.1, 0.15) is 59.3 Å². The zero-order chi connectivity index (χ0) is 11.7. The Labute approximate surface area is 95.0 Å². The summed E-state index contributed by atoms with van der Waals surface area (Å²) in [5, 5.41) is 0. The largest absolute Gasteiger partial charge is 0.307 e. The number of hydrogen-bond donors (Lipinski definition) is 0. The van der Waals surface area contributed by atoms with Crippen LogP contribution in [0.25, 0.3) is 0 Å². The summed E-state index contributed by atoms with van der Waals surface area (Å²) in [6, 6.07) is 0. The van der Waals surface area contributed by atoms with Gasteiger partial charge >= 0.3 is 0 Å². The highest BCUT2D eigenvalue weighted by atomic mass is 16.1. The normalized spacial score (nSPS) is 20.5. The smallest absolute Gasteiger partial charge is 0.106 e. The van der Waals surface area contributed by atoms with Gasteiger partial charge in [-0.25, -0.2) is 0 Å². The first-order valence-electron chi connectivity index (χ1n) is 6.15. The second-order valence-electron chi connectivity index (χ2n) is 5.03. The molecule has 0 aromatic rings. The number of allylic oxidation sites excluding steroid dienone is 2. The van der Waals surface area contributed by atoms with Crippen LogP contribution in [0.5, 0.6) is 0 Å². The molecule has 1 heteroatoms. The van der Waals surface area contributed by atoms with Crippen LogP contribution in [0.15, 0.2) is 11.6 Å². The van der Waals surface area contributed by atoms with Gasteiger partial charge in [-0.05, 0) is 43.9 Å². The van der Waals surface area contributed by atoms with E-state index < -0.39 is 0 Å². The fraction of sp³-hybridized carbons (Fsp3) is 0.786. The van der Waals surface area contributed by atoms with E-state index in [0.717, 1.165) is 11.8 Å². The van der Waals surface area contributed by atoms with E-state index in [0.29, 0.717) is 0 Å². The molecule has 1 aliphatic rings. The molecule has 0 N–H and O–H groups in total. The Bertz CT molecular complexity index is 182. The van der Waals surface area contributed by atoms with E-state index in [1.165, 1.54) is 38.5 Å². The predicted octanol–water partition coefficient (Wildman–Crippen LogP) is 4.37. The molecular weight excluding hydrogens is 184 g/mol. The Morgan fingerprint density at radius 1 is 1.47 bits per heavy atom. The lowest BCUT2D eigenvalue weighted by molar-refractivity contribution is -0.0979. The van der Waals surface area contributed by atoms with E-state index in [9.17, 15) is 0 Å². The molecule has 0 saturated heterocycles. The van der Waals surface area contributed by atoms with Crippen LogP contribution in [0.3, 0.4) is 0 Å². The Kier molecular flexibility index (Phi) is 8.35. The molecule has 0 heterocycles. The minimum atomic E-state index is 0.878. The molecule has 0 aliphatic heterocycles. The lowest BCUT2D eigenvalue weighted by Gasteiger charge is -2.18. The van der Waals surface area contributed by atoms with Crippen LogP contribution in [0.4, 0.5) is 0 Å². The molecule has 1 unspecified atom stereocenters. The second-order valence-corrected chi connectivity index (χ2v) is 5.03. The molecule has 1 rings (SSSR count). The van der Waals surface area contributed by atoms with Crippen molar-refractivity contribution in [3.05, 3.63) is 11.6 Å². The maximum atomic E-state index is 8.00. The van der Waals surface area contributed by atoms with Crippen molar-refractivity contribution in [3.63, 3.8) is 0 Å². The zero-order valence-corrected chi connectivity index (χ0v) is 10.6. The fourth-order valence-electron chi connectivity index (χ4n) is 1.98. The van der Waals surface area contributed by atoms with E-state index in [2.05, 4.69) is 26.8 Å². The van der Waals surface area contributed by atoms with E-state index in [-0.39, 0.29) is 0 Å². The van der Waals surface area contributed by atoms with Gasteiger partial charge in [0, 0.05) is 0 Å². The van der Waals surface area contributed by atoms with E-state index in [1.807, 2.05) is 6.79 Å². The van der Waals surface area contributed by atoms with Crippen molar-refractivity contribution in [3.8, 4) is 0 Å². The highest BCUT2D eigenvalue weighted by Gasteiger charge is 2.09. The summed E-state index contributed by atoms with van der Waals surface area (Å²) < 4.78 is 0. The van der Waals surface area contributed by atoms with E-state index in [1.54, 1.807) is 5.57 Å². The summed E-state index contributed by atoms with van der Waals surface area (Å²) in [4.78, 5) is 8.00. The van der Waals surface area contributed by atoms with Gasteiger partial charge < -0.3 is 4.79 Å². The van der Waals surface area contributed by atoms with Gasteiger partial charge in [0.15, 0.2) is 0 Å². The maximum Gasteiger partial charge on any atom is 0.106 e. The first-order chi connectivity index (χ1) is 7.18. The molecule has 1 aliphatic carbocycles. The SMILES string of the molecule is C=O.CC(C)CCCC1=CCC(C)CC1. The summed E-state index contributed by atoms with van der Waals surface area (Å²) in [5.41, 5.74) is 1.73. The Morgan fingerprint density at radius 3 is 2.60 bits per heavy atom. The molecule has 0 radical (unpaired) electrons. The molecule has 15 heavy (non-hydrogen) atoms. The van der Waals surface area contributed by atoms with Gasteiger partial charge in [0.2, 0.25) is 0 Å². The summed E-state index contributed by atoms with van der Waals surface area (Å²) in [6.07, 6.45) is 10.8. The third kappa shape index (κ3) is 7.35. The number of hydrogen-bond acceptors (Lipinski definition) is 1. The molecule has 0 aromatic heterocycles. The molecule has 1 atom stereocenters. The molecule has 0 saturated carbocycles. The highest BCUT2D eigenvalue weighted by molar-refractivity contribution is 5.11. The molecule has 0 spiro atoms. The van der Waals surface area contributed by atoms with Crippen molar-refractivity contribution in [2.75, 3.05) is 0 Å². The lowest BCUT2D eigenvalue weighted by Crippen LogP contribution is -2.01. The predicted molar refractivity (Wildman–Crippen MR) is 66.9 cm³/mol. The van der Waals surface area contributed by atoms with E-state index >= 15 is 0 Å². The standard InChI is InChI=1S/C13H24.CH2O/c1-11(2)5-4-6-13-9-7-12(3)8-10-13;1-2/h9,11-12H,4-8,10H2,1-3H3;1H2. The summed E-state index contributed by atoms with van der Waals surface area (Å²) >= 11 is 0. The van der Waals surface area contributed by atoms with E-state index in [4.69, 9.17) is 4.79 Å². The third-order valence-corrected chi connectivity index (χ3v) is 3.05. The minimum Gasteiger partial charge on any atom is -0.307 e. The molecular formula is C14H26O. The van der Waals surface area contributed by atoms with Crippen LogP contribution in [0.2, 0.25) is 0 Å². The van der Waals surface area contributed by atoms with Crippen LogP contribution in [0, 0.1) is 11.8 Å². The molecule has 1 nitrogen and oxygen atoms in total. The Morgan fingerprint density at radius 2 is 2.13 bits per heavy atom. The van der Waals surface area contributed by atoms with Gasteiger partial charge in [0.25, 0.3) is 0 Å². The maximum absolute atomic E-state index is 8.00. The van der Waals surface area contributed by atoms with Crippen LogP contribution in [-0.4, -0.2) is 6.79 Å². The zero-order valence-electron chi connectivity index (χ0n) is 10.6. The third-order valence-electron chi connectivity index (χ3n) is 3.05. The summed E-state index contributed by atoms with van der Waals surface area (Å²) in [7, 11) is 0.